The number of carboxylic acids is 1. The van der Waals surface area contributed by atoms with Crippen molar-refractivity contribution < 1.29 is 24.4 Å². The maximum Gasteiger partial charge on any atom is 0.363 e. The fourth-order valence-electron chi connectivity index (χ4n) is 2.23. The van der Waals surface area contributed by atoms with Crippen LogP contribution in [0.25, 0.3) is 0 Å². The lowest BCUT2D eigenvalue weighted by atomic mass is 10.0. The number of benzene rings is 1. The first kappa shape index (κ1) is 18.1. The van der Waals surface area contributed by atoms with Gasteiger partial charge < -0.3 is 20.0 Å². The molecule has 1 unspecified atom stereocenters. The van der Waals surface area contributed by atoms with Gasteiger partial charge in [-0.15, -0.1) is 0 Å². The molecule has 0 saturated heterocycles. The molecule has 0 spiro atoms. The number of carboxylic acid groups (broad SMARTS) is 1. The summed E-state index contributed by atoms with van der Waals surface area (Å²) in [5.41, 5.74) is 1.12. The molecule has 2 aromatic rings. The number of hydrogen-bond acceptors (Lipinski definition) is 6. The minimum absolute atomic E-state index is 0.0335. The van der Waals surface area contributed by atoms with Crippen molar-refractivity contribution in [3.8, 4) is 0 Å². The summed E-state index contributed by atoms with van der Waals surface area (Å²) in [5, 5.41) is 19.8. The van der Waals surface area contributed by atoms with E-state index in [-0.39, 0.29) is 12.2 Å². The van der Waals surface area contributed by atoms with E-state index < -0.39 is 28.6 Å². The van der Waals surface area contributed by atoms with Crippen LogP contribution in [-0.4, -0.2) is 33.6 Å². The van der Waals surface area contributed by atoms with Crippen molar-refractivity contribution in [2.45, 2.75) is 18.8 Å². The molecular weight excluding hydrogens is 328 g/mol. The van der Waals surface area contributed by atoms with Gasteiger partial charge >= 0.3 is 17.8 Å². The topological polar surface area (TPSA) is 120 Å². The minimum atomic E-state index is -1.56. The third-order valence-corrected chi connectivity index (χ3v) is 3.47. The second kappa shape index (κ2) is 8.53. The van der Waals surface area contributed by atoms with E-state index in [1.165, 1.54) is 6.07 Å². The molecule has 1 aromatic carbocycles. The number of aliphatic carboxylic acids is 1. The fourth-order valence-corrected chi connectivity index (χ4v) is 2.23. The van der Waals surface area contributed by atoms with Crippen LogP contribution in [0.4, 0.5) is 5.82 Å². The van der Waals surface area contributed by atoms with Gasteiger partial charge in [0.2, 0.25) is 0 Å². The minimum Gasteiger partial charge on any atom is -0.480 e. The number of pyridine rings is 1. The van der Waals surface area contributed by atoms with E-state index in [0.29, 0.717) is 12.8 Å². The maximum absolute atomic E-state index is 12.1. The molecule has 130 valence electrons. The molecule has 0 aliphatic carbocycles. The molecule has 8 heteroatoms. The van der Waals surface area contributed by atoms with Crippen LogP contribution < -0.4 is 0 Å². The summed E-state index contributed by atoms with van der Waals surface area (Å²) in [7, 11) is 0. The Hall–Kier alpha value is -3.29. The highest BCUT2D eigenvalue weighted by Crippen LogP contribution is 2.19. The summed E-state index contributed by atoms with van der Waals surface area (Å²) in [6, 6.07) is 11.9. The highest BCUT2D eigenvalue weighted by Gasteiger charge is 2.31. The first-order chi connectivity index (χ1) is 12.0. The van der Waals surface area contributed by atoms with E-state index in [0.717, 1.165) is 17.8 Å². The molecule has 1 heterocycles. The lowest BCUT2D eigenvalue weighted by Crippen LogP contribution is -2.24. The highest BCUT2D eigenvalue weighted by molar-refractivity contribution is 5.99. The smallest absolute Gasteiger partial charge is 0.363 e. The summed E-state index contributed by atoms with van der Waals surface area (Å²) < 4.78 is 5.04. The van der Waals surface area contributed by atoms with Crippen LogP contribution in [0.15, 0.2) is 48.7 Å². The lowest BCUT2D eigenvalue weighted by Gasteiger charge is -2.11. The molecule has 0 aliphatic heterocycles. The summed E-state index contributed by atoms with van der Waals surface area (Å²) in [4.78, 5) is 36.8. The average Bonchev–Trinajstić information content (AvgIpc) is 2.60. The lowest BCUT2D eigenvalue weighted by molar-refractivity contribution is -0.389. The predicted octanol–water partition coefficient (Wildman–Crippen LogP) is 2.33. The first-order valence-corrected chi connectivity index (χ1v) is 7.52. The van der Waals surface area contributed by atoms with E-state index >= 15 is 0 Å². The molecule has 0 amide bonds. The normalized spacial score (nSPS) is 11.5. The molecule has 1 N–H and O–H groups in total. The molecule has 0 fully saturated rings. The van der Waals surface area contributed by atoms with Crippen molar-refractivity contribution in [1.82, 2.24) is 4.98 Å². The van der Waals surface area contributed by atoms with Gasteiger partial charge in [0.1, 0.15) is 6.20 Å². The fraction of sp³-hybridized carbons (Fsp3) is 0.235. The Morgan fingerprint density at radius 1 is 1.20 bits per heavy atom. The SMILES string of the molecule is O=C(O)C(C(=O)OCCCc1ccccc1)c1ccc([N+](=O)[O-])nc1. The average molecular weight is 344 g/mol. The number of aryl methyl sites for hydroxylation is 1. The van der Waals surface area contributed by atoms with Crippen LogP contribution in [0.2, 0.25) is 0 Å². The quantitative estimate of drug-likeness (QED) is 0.256. The van der Waals surface area contributed by atoms with E-state index in [2.05, 4.69) is 4.98 Å². The molecule has 25 heavy (non-hydrogen) atoms. The van der Waals surface area contributed by atoms with Crippen molar-refractivity contribution in [2.75, 3.05) is 6.61 Å². The summed E-state index contributed by atoms with van der Waals surface area (Å²) >= 11 is 0. The van der Waals surface area contributed by atoms with Crippen molar-refractivity contribution >= 4 is 17.8 Å². The summed E-state index contributed by atoms with van der Waals surface area (Å²) in [5.74, 6) is -4.31. The van der Waals surface area contributed by atoms with Gasteiger partial charge in [-0.3, -0.25) is 9.59 Å². The van der Waals surface area contributed by atoms with Crippen LogP contribution in [0.5, 0.6) is 0 Å². The zero-order valence-corrected chi connectivity index (χ0v) is 13.2. The van der Waals surface area contributed by atoms with Crippen LogP contribution in [-0.2, 0) is 20.7 Å². The summed E-state index contributed by atoms with van der Waals surface area (Å²) in [6.07, 6.45) is 2.26. The second-order valence-corrected chi connectivity index (χ2v) is 5.23. The number of carbonyl (C=O) groups excluding carboxylic acids is 1. The van der Waals surface area contributed by atoms with E-state index in [1.54, 1.807) is 0 Å². The zero-order chi connectivity index (χ0) is 18.2. The van der Waals surface area contributed by atoms with E-state index in [9.17, 15) is 24.8 Å². The highest BCUT2D eigenvalue weighted by atomic mass is 16.6. The van der Waals surface area contributed by atoms with Gasteiger partial charge in [-0.1, -0.05) is 30.3 Å². The molecule has 0 aliphatic rings. The third kappa shape index (κ3) is 5.10. The van der Waals surface area contributed by atoms with Gasteiger partial charge in [0, 0.05) is 11.6 Å². The first-order valence-electron chi connectivity index (χ1n) is 7.52. The Bertz CT molecular complexity index is 745. The van der Waals surface area contributed by atoms with Crippen LogP contribution >= 0.6 is 0 Å². The molecule has 0 radical (unpaired) electrons. The van der Waals surface area contributed by atoms with Crippen LogP contribution in [0.1, 0.15) is 23.5 Å². The van der Waals surface area contributed by atoms with E-state index in [1.807, 2.05) is 30.3 Å². The number of aromatic nitrogens is 1. The number of nitro groups is 1. The molecule has 0 saturated carbocycles. The van der Waals surface area contributed by atoms with Gasteiger partial charge in [0.25, 0.3) is 0 Å². The second-order valence-electron chi connectivity index (χ2n) is 5.23. The number of ether oxygens (including phenoxy) is 1. The Labute approximate surface area is 143 Å². The number of carbonyl (C=O) groups is 2. The van der Waals surface area contributed by atoms with Gasteiger partial charge in [-0.2, -0.15) is 0 Å². The van der Waals surface area contributed by atoms with Crippen molar-refractivity contribution in [2.24, 2.45) is 0 Å². The molecule has 0 bridgehead atoms. The van der Waals surface area contributed by atoms with E-state index in [4.69, 9.17) is 4.74 Å². The largest absolute Gasteiger partial charge is 0.480 e. The Morgan fingerprint density at radius 2 is 1.92 bits per heavy atom. The molecule has 1 atom stereocenters. The standard InChI is InChI=1S/C17H16N2O6/c20-16(21)15(13-8-9-14(18-11-13)19(23)24)17(22)25-10-4-7-12-5-2-1-3-6-12/h1-3,5-6,8-9,11,15H,4,7,10H2,(H,20,21). The van der Waals surface area contributed by atoms with Gasteiger partial charge in [0.05, 0.1) is 6.61 Å². The van der Waals surface area contributed by atoms with Gasteiger partial charge in [0.15, 0.2) is 5.92 Å². The van der Waals surface area contributed by atoms with Crippen LogP contribution in [0.3, 0.4) is 0 Å². The van der Waals surface area contributed by atoms with Crippen LogP contribution in [0, 0.1) is 10.1 Å². The number of hydrogen-bond donors (Lipinski definition) is 1. The maximum atomic E-state index is 12.1. The zero-order valence-electron chi connectivity index (χ0n) is 13.2. The third-order valence-electron chi connectivity index (χ3n) is 3.47. The molecular formula is C17H16N2O6. The van der Waals surface area contributed by atoms with Crippen molar-refractivity contribution in [1.29, 1.82) is 0 Å². The number of nitrogens with zero attached hydrogens (tertiary/aromatic N) is 2. The summed E-state index contributed by atoms with van der Waals surface area (Å²) in [6.45, 7) is 0.0813. The van der Waals surface area contributed by atoms with Crippen molar-refractivity contribution in [3.05, 3.63) is 69.9 Å². The number of rotatable bonds is 8. The Balaban J connectivity index is 1.93. The Kier molecular flexibility index (Phi) is 6.16. The van der Waals surface area contributed by atoms with Gasteiger partial charge in [-0.25, -0.2) is 0 Å². The molecule has 2 rings (SSSR count). The molecule has 8 nitrogen and oxygen atoms in total. The predicted molar refractivity (Wildman–Crippen MR) is 87.0 cm³/mol. The monoisotopic (exact) mass is 344 g/mol. The molecule has 1 aromatic heterocycles. The van der Waals surface area contributed by atoms with Crippen molar-refractivity contribution in [3.63, 3.8) is 0 Å². The number of esters is 1. The Morgan fingerprint density at radius 3 is 2.48 bits per heavy atom. The van der Waals surface area contributed by atoms with Gasteiger partial charge in [-0.05, 0) is 34.4 Å².